The number of halogens is 2. The minimum Gasteiger partial charge on any atom is -0.488 e. The molecule has 0 saturated carbocycles. The Labute approximate surface area is 212 Å². The van der Waals surface area contributed by atoms with Gasteiger partial charge in [-0.15, -0.1) is 0 Å². The topological polar surface area (TPSA) is 113 Å². The minimum absolute atomic E-state index is 0.0129. The van der Waals surface area contributed by atoms with E-state index >= 15 is 0 Å². The summed E-state index contributed by atoms with van der Waals surface area (Å²) in [5.41, 5.74) is 1.06. The smallest absolute Gasteiger partial charge is 0.335 e. The fourth-order valence-electron chi connectivity index (χ4n) is 3.35. The van der Waals surface area contributed by atoms with E-state index in [0.717, 1.165) is 10.5 Å². The van der Waals surface area contributed by atoms with Crippen LogP contribution in [0.2, 0.25) is 5.02 Å². The molecular formula is C25H16BrClN2O6. The van der Waals surface area contributed by atoms with E-state index < -0.39 is 23.8 Å². The zero-order chi connectivity index (χ0) is 25.1. The van der Waals surface area contributed by atoms with Gasteiger partial charge in [0.15, 0.2) is 0 Å². The number of rotatable bonds is 6. The number of anilines is 1. The average molecular weight is 556 g/mol. The lowest BCUT2D eigenvalue weighted by Gasteiger charge is -2.26. The highest BCUT2D eigenvalue weighted by atomic mass is 79.9. The number of carbonyl (C=O) groups excluding carboxylic acids is 3. The number of hydrogen-bond donors (Lipinski definition) is 2. The van der Waals surface area contributed by atoms with Gasteiger partial charge >= 0.3 is 12.0 Å². The third-order valence-electron chi connectivity index (χ3n) is 5.03. The number of carboxylic acid groups (broad SMARTS) is 1. The Balaban J connectivity index is 1.66. The van der Waals surface area contributed by atoms with Crippen molar-refractivity contribution in [2.24, 2.45) is 0 Å². The molecule has 3 aromatic carbocycles. The molecule has 0 atom stereocenters. The van der Waals surface area contributed by atoms with E-state index in [-0.39, 0.29) is 23.4 Å². The highest BCUT2D eigenvalue weighted by Gasteiger charge is 2.37. The molecule has 0 aromatic heterocycles. The molecule has 4 rings (SSSR count). The van der Waals surface area contributed by atoms with Crippen molar-refractivity contribution >= 4 is 63.1 Å². The predicted octanol–water partition coefficient (Wildman–Crippen LogP) is 5.05. The van der Waals surface area contributed by atoms with Crippen LogP contribution in [0.3, 0.4) is 0 Å². The van der Waals surface area contributed by atoms with Gasteiger partial charge in [-0.3, -0.25) is 14.9 Å². The van der Waals surface area contributed by atoms with E-state index in [0.29, 0.717) is 20.8 Å². The van der Waals surface area contributed by atoms with Gasteiger partial charge in [0.1, 0.15) is 17.9 Å². The van der Waals surface area contributed by atoms with Crippen LogP contribution in [0.25, 0.3) is 6.08 Å². The first-order valence-electron chi connectivity index (χ1n) is 10.1. The summed E-state index contributed by atoms with van der Waals surface area (Å²) in [5.74, 6) is -2.47. The van der Waals surface area contributed by atoms with E-state index in [1.807, 2.05) is 6.07 Å². The van der Waals surface area contributed by atoms with E-state index in [4.69, 9.17) is 21.4 Å². The molecule has 4 amide bonds. The number of imide groups is 2. The van der Waals surface area contributed by atoms with Crippen LogP contribution >= 0.6 is 27.5 Å². The Kier molecular flexibility index (Phi) is 6.99. The van der Waals surface area contributed by atoms with Crippen LogP contribution in [0.5, 0.6) is 5.75 Å². The third-order valence-corrected chi connectivity index (χ3v) is 5.76. The molecule has 8 nitrogen and oxygen atoms in total. The molecule has 1 aliphatic rings. The number of barbiturate groups is 1. The van der Waals surface area contributed by atoms with Gasteiger partial charge in [0.2, 0.25) is 0 Å². The summed E-state index contributed by atoms with van der Waals surface area (Å²) in [4.78, 5) is 50.0. The maximum atomic E-state index is 13.2. The van der Waals surface area contributed by atoms with Gasteiger partial charge in [0, 0.05) is 15.1 Å². The van der Waals surface area contributed by atoms with Gasteiger partial charge in [0.25, 0.3) is 11.8 Å². The first-order valence-corrected chi connectivity index (χ1v) is 11.3. The van der Waals surface area contributed by atoms with E-state index in [1.54, 1.807) is 36.4 Å². The van der Waals surface area contributed by atoms with Gasteiger partial charge < -0.3 is 9.84 Å². The van der Waals surface area contributed by atoms with E-state index in [9.17, 15) is 19.2 Å². The second kappa shape index (κ2) is 10.1. The number of nitrogens with one attached hydrogen (secondary N) is 1. The lowest BCUT2D eigenvalue weighted by Crippen LogP contribution is -2.54. The largest absolute Gasteiger partial charge is 0.488 e. The van der Waals surface area contributed by atoms with Gasteiger partial charge in [-0.25, -0.2) is 14.5 Å². The number of amides is 4. The second-order valence-electron chi connectivity index (χ2n) is 7.41. The molecule has 1 heterocycles. The van der Waals surface area contributed by atoms with Crippen molar-refractivity contribution in [1.29, 1.82) is 0 Å². The molecule has 0 bridgehead atoms. The van der Waals surface area contributed by atoms with Gasteiger partial charge in [-0.2, -0.15) is 0 Å². The number of nitrogens with zero attached hydrogens (tertiary/aromatic N) is 1. The molecule has 35 heavy (non-hydrogen) atoms. The molecule has 1 fully saturated rings. The molecule has 0 unspecified atom stereocenters. The Morgan fingerprint density at radius 2 is 1.80 bits per heavy atom. The van der Waals surface area contributed by atoms with E-state index in [1.165, 1.54) is 30.3 Å². The van der Waals surface area contributed by atoms with Crippen molar-refractivity contribution in [3.05, 3.63) is 98.5 Å². The quantitative estimate of drug-likeness (QED) is 0.325. The normalized spacial score (nSPS) is 14.7. The summed E-state index contributed by atoms with van der Waals surface area (Å²) in [6, 6.07) is 16.5. The number of hydrogen-bond acceptors (Lipinski definition) is 5. The number of aromatic carboxylic acids is 1. The average Bonchev–Trinajstić information content (AvgIpc) is 2.81. The Morgan fingerprint density at radius 3 is 2.49 bits per heavy atom. The summed E-state index contributed by atoms with van der Waals surface area (Å²) < 4.78 is 6.59. The number of benzene rings is 3. The number of carbonyl (C=O) groups is 4. The monoisotopic (exact) mass is 554 g/mol. The highest BCUT2D eigenvalue weighted by Crippen LogP contribution is 2.29. The van der Waals surface area contributed by atoms with Crippen molar-refractivity contribution in [3.8, 4) is 5.75 Å². The number of urea groups is 1. The zero-order valence-corrected chi connectivity index (χ0v) is 20.2. The Morgan fingerprint density at radius 1 is 1.06 bits per heavy atom. The van der Waals surface area contributed by atoms with Crippen molar-refractivity contribution in [3.63, 3.8) is 0 Å². The van der Waals surface area contributed by atoms with Crippen LogP contribution in [0, 0.1) is 0 Å². The van der Waals surface area contributed by atoms with Crippen molar-refractivity contribution in [1.82, 2.24) is 5.32 Å². The lowest BCUT2D eigenvalue weighted by molar-refractivity contribution is -0.122. The molecule has 10 heteroatoms. The summed E-state index contributed by atoms with van der Waals surface area (Å²) in [5, 5.41) is 11.8. The number of carboxylic acids is 1. The maximum Gasteiger partial charge on any atom is 0.335 e. The van der Waals surface area contributed by atoms with Gasteiger partial charge in [-0.05, 0) is 66.2 Å². The second-order valence-corrected chi connectivity index (χ2v) is 8.76. The summed E-state index contributed by atoms with van der Waals surface area (Å²) in [7, 11) is 0. The van der Waals surface area contributed by atoms with Crippen LogP contribution in [-0.4, -0.2) is 28.9 Å². The SMILES string of the molecule is O=C1NC(=O)N(c2ccc(C(=O)O)cc2)C(=O)/C1=C/c1cc(Br)ccc1OCc1cccc(Cl)c1. The van der Waals surface area contributed by atoms with Gasteiger partial charge in [-0.1, -0.05) is 39.7 Å². The lowest BCUT2D eigenvalue weighted by atomic mass is 10.1. The molecule has 2 N–H and O–H groups in total. The fraction of sp³-hybridized carbons (Fsp3) is 0.0400. The fourth-order valence-corrected chi connectivity index (χ4v) is 3.94. The molecule has 3 aromatic rings. The molecular weight excluding hydrogens is 540 g/mol. The standard InChI is InChI=1S/C25H16BrClN2O6/c26-17-6-9-21(35-13-14-2-1-3-18(27)10-14)16(11-17)12-20-22(30)28-25(34)29(23(20)31)19-7-4-15(5-8-19)24(32)33/h1-12H,13H2,(H,32,33)(H,28,30,34)/b20-12+. The molecule has 1 saturated heterocycles. The first kappa shape index (κ1) is 24.2. The maximum absolute atomic E-state index is 13.2. The summed E-state index contributed by atoms with van der Waals surface area (Å²) in [6.45, 7) is 0.193. The molecule has 0 radical (unpaired) electrons. The predicted molar refractivity (Wildman–Crippen MR) is 132 cm³/mol. The summed E-state index contributed by atoms with van der Waals surface area (Å²) >= 11 is 9.40. The Bertz CT molecular complexity index is 1390. The molecule has 0 aliphatic carbocycles. The van der Waals surface area contributed by atoms with Crippen LogP contribution < -0.4 is 15.0 Å². The van der Waals surface area contributed by atoms with Crippen LogP contribution in [-0.2, 0) is 16.2 Å². The molecule has 1 aliphatic heterocycles. The minimum atomic E-state index is -1.15. The van der Waals surface area contributed by atoms with Crippen molar-refractivity contribution in [2.45, 2.75) is 6.61 Å². The third kappa shape index (κ3) is 5.42. The first-order chi connectivity index (χ1) is 16.7. The highest BCUT2D eigenvalue weighted by molar-refractivity contribution is 9.10. The zero-order valence-electron chi connectivity index (χ0n) is 17.8. The van der Waals surface area contributed by atoms with Crippen molar-refractivity contribution < 1.29 is 29.0 Å². The van der Waals surface area contributed by atoms with Crippen LogP contribution in [0.15, 0.2) is 76.8 Å². The Hall–Kier alpha value is -3.95. The van der Waals surface area contributed by atoms with Gasteiger partial charge in [0.05, 0.1) is 11.3 Å². The summed E-state index contributed by atoms with van der Waals surface area (Å²) in [6.07, 6.45) is 1.33. The van der Waals surface area contributed by atoms with Crippen LogP contribution in [0.1, 0.15) is 21.5 Å². The molecule has 0 spiro atoms. The van der Waals surface area contributed by atoms with Crippen LogP contribution in [0.4, 0.5) is 10.5 Å². The number of ether oxygens (including phenoxy) is 1. The molecule has 176 valence electrons. The van der Waals surface area contributed by atoms with E-state index in [2.05, 4.69) is 21.2 Å². The van der Waals surface area contributed by atoms with Crippen molar-refractivity contribution in [2.75, 3.05) is 4.90 Å².